The number of aryl methyl sites for hydroxylation is 3. The van der Waals surface area contributed by atoms with Gasteiger partial charge in [0.05, 0.1) is 18.3 Å². The van der Waals surface area contributed by atoms with Crippen LogP contribution in [-0.4, -0.2) is 21.4 Å². The molecule has 0 spiro atoms. The summed E-state index contributed by atoms with van der Waals surface area (Å²) in [7, 11) is 1.94. The van der Waals surface area contributed by atoms with Crippen LogP contribution in [0.5, 0.6) is 5.75 Å². The van der Waals surface area contributed by atoms with Gasteiger partial charge in [-0.3, -0.25) is 4.68 Å². The van der Waals surface area contributed by atoms with Gasteiger partial charge in [-0.25, -0.2) is 4.98 Å². The highest BCUT2D eigenvalue weighted by Gasteiger charge is 2.18. The van der Waals surface area contributed by atoms with Crippen LogP contribution in [0.2, 0.25) is 0 Å². The van der Waals surface area contributed by atoms with E-state index in [1.807, 2.05) is 24.9 Å². The molecular formula is C25H26N4O. The average Bonchev–Trinajstić information content (AvgIpc) is 3.07. The van der Waals surface area contributed by atoms with Crippen molar-refractivity contribution in [1.29, 1.82) is 0 Å². The molecule has 0 amide bonds. The maximum Gasteiger partial charge on any atom is 0.157 e. The third-order valence-corrected chi connectivity index (χ3v) is 5.83. The van der Waals surface area contributed by atoms with Crippen LogP contribution in [0.4, 0.5) is 0 Å². The number of fused-ring (bicyclic) bond motifs is 2. The number of rotatable bonds is 5. The van der Waals surface area contributed by atoms with Crippen LogP contribution >= 0.6 is 0 Å². The lowest BCUT2D eigenvalue weighted by Crippen LogP contribution is -2.22. The van der Waals surface area contributed by atoms with E-state index in [-0.39, 0.29) is 6.04 Å². The molecule has 152 valence electrons. The molecule has 2 aromatic heterocycles. The van der Waals surface area contributed by atoms with Crippen molar-refractivity contribution < 1.29 is 4.74 Å². The van der Waals surface area contributed by atoms with Crippen LogP contribution in [-0.2, 0) is 20.0 Å². The van der Waals surface area contributed by atoms with Gasteiger partial charge >= 0.3 is 0 Å². The molecule has 1 N–H and O–H groups in total. The van der Waals surface area contributed by atoms with Gasteiger partial charge in [0.1, 0.15) is 5.75 Å². The second kappa shape index (κ2) is 7.92. The molecule has 0 saturated heterocycles. The predicted octanol–water partition coefficient (Wildman–Crippen LogP) is 4.48. The quantitative estimate of drug-likeness (QED) is 0.538. The molecule has 2 aromatic carbocycles. The minimum Gasteiger partial charge on any atom is -0.493 e. The zero-order chi connectivity index (χ0) is 20.5. The second-order valence-corrected chi connectivity index (χ2v) is 7.97. The normalized spacial score (nSPS) is 14.3. The zero-order valence-corrected chi connectivity index (χ0v) is 17.4. The van der Waals surface area contributed by atoms with E-state index in [1.165, 1.54) is 16.7 Å². The Bertz CT molecular complexity index is 1180. The second-order valence-electron chi connectivity index (χ2n) is 7.97. The SMILES string of the molecule is Cc1nn(C)c2ncc(CNC(c3ccccc3)c3ccc4c(c3)CCCO4)cc12. The van der Waals surface area contributed by atoms with Crippen molar-refractivity contribution in [3.63, 3.8) is 0 Å². The average molecular weight is 399 g/mol. The van der Waals surface area contributed by atoms with Gasteiger partial charge in [-0.1, -0.05) is 42.5 Å². The van der Waals surface area contributed by atoms with Crippen molar-refractivity contribution in [3.8, 4) is 5.75 Å². The molecule has 4 aromatic rings. The number of hydrogen-bond acceptors (Lipinski definition) is 4. The lowest BCUT2D eigenvalue weighted by molar-refractivity contribution is 0.288. The number of pyridine rings is 1. The van der Waals surface area contributed by atoms with Crippen LogP contribution in [0.1, 0.15) is 40.4 Å². The molecular weight excluding hydrogens is 372 g/mol. The highest BCUT2D eigenvalue weighted by atomic mass is 16.5. The number of aromatic nitrogens is 3. The van der Waals surface area contributed by atoms with Gasteiger partial charge in [-0.15, -0.1) is 0 Å². The van der Waals surface area contributed by atoms with Crippen LogP contribution < -0.4 is 10.1 Å². The molecule has 5 nitrogen and oxygen atoms in total. The van der Waals surface area contributed by atoms with E-state index in [2.05, 4.69) is 70.0 Å². The van der Waals surface area contributed by atoms with Crippen molar-refractivity contribution in [1.82, 2.24) is 20.1 Å². The predicted molar refractivity (Wildman–Crippen MR) is 119 cm³/mol. The Labute approximate surface area is 176 Å². The van der Waals surface area contributed by atoms with Crippen LogP contribution in [0.3, 0.4) is 0 Å². The molecule has 5 rings (SSSR count). The van der Waals surface area contributed by atoms with Crippen molar-refractivity contribution >= 4 is 11.0 Å². The van der Waals surface area contributed by atoms with E-state index < -0.39 is 0 Å². The zero-order valence-electron chi connectivity index (χ0n) is 17.4. The van der Waals surface area contributed by atoms with Crippen molar-refractivity contribution in [2.45, 2.75) is 32.4 Å². The Morgan fingerprint density at radius 2 is 1.97 bits per heavy atom. The summed E-state index contributed by atoms with van der Waals surface area (Å²) in [6.07, 6.45) is 4.10. The molecule has 1 aliphatic rings. The summed E-state index contributed by atoms with van der Waals surface area (Å²) in [6, 6.07) is 19.5. The van der Waals surface area contributed by atoms with Gasteiger partial charge in [0, 0.05) is 25.2 Å². The number of hydrogen-bond donors (Lipinski definition) is 1. The maximum absolute atomic E-state index is 5.81. The summed E-state index contributed by atoms with van der Waals surface area (Å²) >= 11 is 0. The van der Waals surface area contributed by atoms with Gasteiger partial charge < -0.3 is 10.1 Å². The molecule has 1 atom stereocenters. The number of nitrogens with one attached hydrogen (secondary N) is 1. The molecule has 1 unspecified atom stereocenters. The maximum atomic E-state index is 5.81. The first-order valence-corrected chi connectivity index (χ1v) is 10.5. The Balaban J connectivity index is 1.45. The fourth-order valence-corrected chi connectivity index (χ4v) is 4.30. The molecule has 30 heavy (non-hydrogen) atoms. The molecule has 0 bridgehead atoms. The van der Waals surface area contributed by atoms with Gasteiger partial charge in [0.25, 0.3) is 0 Å². The topological polar surface area (TPSA) is 52.0 Å². The Kier molecular flexibility index (Phi) is 4.97. The standard InChI is InChI=1S/C25H26N4O/c1-17-22-13-18(16-27-25(22)29(2)28-17)15-26-24(19-7-4-3-5-8-19)21-10-11-23-20(14-21)9-6-12-30-23/h3-5,7-8,10-11,13-14,16,24,26H,6,9,12,15H2,1-2H3. The first kappa shape index (κ1) is 18.8. The first-order valence-electron chi connectivity index (χ1n) is 10.5. The van der Waals surface area contributed by atoms with E-state index in [9.17, 15) is 0 Å². The third-order valence-electron chi connectivity index (χ3n) is 5.83. The van der Waals surface area contributed by atoms with Crippen LogP contribution in [0, 0.1) is 6.92 Å². The molecule has 0 aliphatic carbocycles. The summed E-state index contributed by atoms with van der Waals surface area (Å²) in [4.78, 5) is 4.63. The lowest BCUT2D eigenvalue weighted by Gasteiger charge is -2.23. The first-order chi connectivity index (χ1) is 14.7. The summed E-state index contributed by atoms with van der Waals surface area (Å²) in [5.74, 6) is 1.03. The monoisotopic (exact) mass is 398 g/mol. The van der Waals surface area contributed by atoms with Crippen LogP contribution in [0.15, 0.2) is 60.8 Å². The smallest absolute Gasteiger partial charge is 0.157 e. The molecule has 0 saturated carbocycles. The third kappa shape index (κ3) is 3.57. The number of nitrogens with zero attached hydrogens (tertiary/aromatic N) is 3. The molecule has 1 aliphatic heterocycles. The molecule has 3 heterocycles. The molecule has 5 heteroatoms. The largest absolute Gasteiger partial charge is 0.493 e. The van der Waals surface area contributed by atoms with Gasteiger partial charge in [0.15, 0.2) is 5.65 Å². The van der Waals surface area contributed by atoms with Crippen LogP contribution in [0.25, 0.3) is 11.0 Å². The number of benzene rings is 2. The summed E-state index contributed by atoms with van der Waals surface area (Å²) < 4.78 is 7.65. The minimum atomic E-state index is 0.101. The van der Waals surface area contributed by atoms with Gasteiger partial charge in [-0.05, 0) is 54.2 Å². The van der Waals surface area contributed by atoms with E-state index in [0.717, 1.165) is 54.0 Å². The van der Waals surface area contributed by atoms with Gasteiger partial charge in [0.2, 0.25) is 0 Å². The van der Waals surface area contributed by atoms with Crippen molar-refractivity contribution in [2.75, 3.05) is 6.61 Å². The summed E-state index contributed by atoms with van der Waals surface area (Å²) in [6.45, 7) is 3.57. The van der Waals surface area contributed by atoms with Crippen molar-refractivity contribution in [2.24, 2.45) is 7.05 Å². The highest BCUT2D eigenvalue weighted by Crippen LogP contribution is 2.30. The van der Waals surface area contributed by atoms with E-state index in [4.69, 9.17) is 4.74 Å². The van der Waals surface area contributed by atoms with Crippen molar-refractivity contribution in [3.05, 3.63) is 88.7 Å². The Morgan fingerprint density at radius 3 is 2.83 bits per heavy atom. The van der Waals surface area contributed by atoms with E-state index in [1.54, 1.807) is 0 Å². The Morgan fingerprint density at radius 1 is 1.10 bits per heavy atom. The fraction of sp³-hybridized carbons (Fsp3) is 0.280. The summed E-state index contributed by atoms with van der Waals surface area (Å²) in [5.41, 5.74) is 6.90. The minimum absolute atomic E-state index is 0.101. The van der Waals surface area contributed by atoms with E-state index >= 15 is 0 Å². The molecule has 0 radical (unpaired) electrons. The van der Waals surface area contributed by atoms with E-state index in [0.29, 0.717) is 0 Å². The number of ether oxygens (including phenoxy) is 1. The lowest BCUT2D eigenvalue weighted by atomic mass is 9.94. The highest BCUT2D eigenvalue weighted by molar-refractivity contribution is 5.78. The molecule has 0 fully saturated rings. The fourth-order valence-electron chi connectivity index (χ4n) is 4.30. The summed E-state index contributed by atoms with van der Waals surface area (Å²) in [5, 5.41) is 9.35. The Hall–Kier alpha value is -3.18. The van der Waals surface area contributed by atoms with Gasteiger partial charge in [-0.2, -0.15) is 5.10 Å².